The number of aromatic nitrogens is 2. The summed E-state index contributed by atoms with van der Waals surface area (Å²) in [6.45, 7) is 1.72. The third kappa shape index (κ3) is 3.64. The molecular weight excluding hydrogens is 391 g/mol. The molecule has 3 rings (SSSR count). The number of fused-ring (bicyclic) bond motifs is 1. The summed E-state index contributed by atoms with van der Waals surface area (Å²) in [5.74, 6) is -0.518. The first kappa shape index (κ1) is 19.2. The van der Waals surface area contributed by atoms with Crippen LogP contribution in [0.5, 0.6) is 0 Å². The average molecular weight is 407 g/mol. The molecule has 0 bridgehead atoms. The van der Waals surface area contributed by atoms with Crippen LogP contribution >= 0.6 is 23.2 Å². The first-order valence-electron chi connectivity index (χ1n) is 8.34. The molecule has 1 atom stereocenters. The lowest BCUT2D eigenvalue weighted by molar-refractivity contribution is -0.122. The van der Waals surface area contributed by atoms with Crippen molar-refractivity contribution in [2.45, 2.75) is 38.9 Å². The van der Waals surface area contributed by atoms with E-state index >= 15 is 0 Å². The van der Waals surface area contributed by atoms with Crippen molar-refractivity contribution >= 4 is 29.1 Å². The fourth-order valence-corrected chi connectivity index (χ4v) is 3.49. The molecule has 1 aliphatic heterocycles. The molecule has 1 amide bonds. The van der Waals surface area contributed by atoms with E-state index in [1.165, 1.54) is 4.57 Å². The van der Waals surface area contributed by atoms with E-state index in [9.17, 15) is 19.6 Å². The predicted molar refractivity (Wildman–Crippen MR) is 101 cm³/mol. The van der Waals surface area contributed by atoms with Crippen molar-refractivity contribution in [3.05, 3.63) is 65.9 Å². The molecule has 7 nitrogen and oxygen atoms in total. The van der Waals surface area contributed by atoms with E-state index in [0.717, 1.165) is 10.1 Å². The minimum Gasteiger partial charge on any atom is -0.348 e. The molecule has 27 heavy (non-hydrogen) atoms. The number of nitrogens with one attached hydrogen (secondary N) is 1. The van der Waals surface area contributed by atoms with Gasteiger partial charge >= 0.3 is 5.69 Å². The Balaban J connectivity index is 1.84. The zero-order valence-corrected chi connectivity index (χ0v) is 16.0. The molecule has 140 valence electrons. The summed E-state index contributed by atoms with van der Waals surface area (Å²) in [6.07, 6.45) is 1.20. The molecule has 1 aliphatic rings. The van der Waals surface area contributed by atoms with Crippen LogP contribution in [0.2, 0.25) is 10.0 Å². The van der Waals surface area contributed by atoms with Gasteiger partial charge in [0.05, 0.1) is 16.1 Å². The second kappa shape index (κ2) is 7.59. The predicted octanol–water partition coefficient (Wildman–Crippen LogP) is 2.01. The fourth-order valence-electron chi connectivity index (χ4n) is 3.18. The highest BCUT2D eigenvalue weighted by Crippen LogP contribution is 2.25. The standard InChI is InChI=1S/C18H16Cl2N4O3/c1-10(11-4-5-13(19)14(20)7-11)22-16(25)9-24-17(26)12(8-21)15-3-2-6-23(15)18(24)27/h4-5,7,10H,2-3,6,9H2,1H3,(H,22,25)/t10-/m1/s1. The van der Waals surface area contributed by atoms with E-state index < -0.39 is 29.7 Å². The van der Waals surface area contributed by atoms with E-state index in [1.54, 1.807) is 25.1 Å². The second-order valence-electron chi connectivity index (χ2n) is 6.33. The van der Waals surface area contributed by atoms with Gasteiger partial charge in [-0.3, -0.25) is 14.2 Å². The number of nitriles is 1. The van der Waals surface area contributed by atoms with Crippen molar-refractivity contribution in [3.63, 3.8) is 0 Å². The van der Waals surface area contributed by atoms with Crippen LogP contribution in [0.25, 0.3) is 0 Å². The van der Waals surface area contributed by atoms with Gasteiger partial charge < -0.3 is 5.32 Å². The molecular formula is C18H16Cl2N4O3. The largest absolute Gasteiger partial charge is 0.348 e. The monoisotopic (exact) mass is 406 g/mol. The number of carbonyl (C=O) groups is 1. The topological polar surface area (TPSA) is 96.9 Å². The summed E-state index contributed by atoms with van der Waals surface area (Å²) in [4.78, 5) is 37.4. The molecule has 0 saturated heterocycles. The van der Waals surface area contributed by atoms with Crippen LogP contribution in [0.3, 0.4) is 0 Å². The van der Waals surface area contributed by atoms with Gasteiger partial charge in [-0.15, -0.1) is 0 Å². The normalized spacial score (nSPS) is 13.7. The zero-order valence-electron chi connectivity index (χ0n) is 14.5. The molecule has 1 aromatic carbocycles. The molecule has 0 fully saturated rings. The van der Waals surface area contributed by atoms with Gasteiger partial charge in [-0.1, -0.05) is 29.3 Å². The quantitative estimate of drug-likeness (QED) is 0.839. The number of halogens is 2. The fraction of sp³-hybridized carbons (Fsp3) is 0.333. The molecule has 0 aliphatic carbocycles. The highest BCUT2D eigenvalue weighted by molar-refractivity contribution is 6.42. The maximum Gasteiger partial charge on any atom is 0.331 e. The van der Waals surface area contributed by atoms with Crippen molar-refractivity contribution < 1.29 is 4.79 Å². The SMILES string of the molecule is C[C@@H](NC(=O)Cn1c(=O)c(C#N)c2n(c1=O)CCC2)c1ccc(Cl)c(Cl)c1. The lowest BCUT2D eigenvalue weighted by Crippen LogP contribution is -2.45. The van der Waals surface area contributed by atoms with Gasteiger partial charge in [-0.2, -0.15) is 5.26 Å². The summed E-state index contributed by atoms with van der Waals surface area (Å²) in [6, 6.07) is 6.44. The minimum atomic E-state index is -0.729. The van der Waals surface area contributed by atoms with E-state index in [-0.39, 0.29) is 5.56 Å². The van der Waals surface area contributed by atoms with Gasteiger partial charge in [0.25, 0.3) is 5.56 Å². The van der Waals surface area contributed by atoms with Crippen LogP contribution in [0.4, 0.5) is 0 Å². The van der Waals surface area contributed by atoms with Crippen LogP contribution in [-0.4, -0.2) is 15.0 Å². The maximum absolute atomic E-state index is 12.5. The number of amides is 1. The number of hydrogen-bond donors (Lipinski definition) is 1. The van der Waals surface area contributed by atoms with Gasteiger partial charge in [0, 0.05) is 12.2 Å². The Labute approximate surface area is 164 Å². The van der Waals surface area contributed by atoms with Crippen LogP contribution < -0.4 is 16.6 Å². The smallest absolute Gasteiger partial charge is 0.331 e. The highest BCUT2D eigenvalue weighted by Gasteiger charge is 2.23. The molecule has 0 unspecified atom stereocenters. The summed E-state index contributed by atoms with van der Waals surface area (Å²) in [5.41, 5.74) is -0.184. The zero-order chi connectivity index (χ0) is 19.7. The van der Waals surface area contributed by atoms with E-state index in [1.807, 2.05) is 6.07 Å². The Morgan fingerprint density at radius 2 is 2.07 bits per heavy atom. The molecule has 0 spiro atoms. The number of hydrogen-bond acceptors (Lipinski definition) is 4. The summed E-state index contributed by atoms with van der Waals surface area (Å²) in [5, 5.41) is 12.8. The van der Waals surface area contributed by atoms with Gasteiger partial charge in [-0.25, -0.2) is 9.36 Å². The van der Waals surface area contributed by atoms with Crippen molar-refractivity contribution in [2.24, 2.45) is 0 Å². The van der Waals surface area contributed by atoms with E-state index in [0.29, 0.717) is 35.1 Å². The van der Waals surface area contributed by atoms with Crippen molar-refractivity contribution in [2.75, 3.05) is 0 Å². The van der Waals surface area contributed by atoms with Gasteiger partial charge in [0.2, 0.25) is 5.91 Å². The Hall–Kier alpha value is -2.56. The minimum absolute atomic E-state index is 0.0718. The maximum atomic E-state index is 12.5. The number of rotatable bonds is 4. The van der Waals surface area contributed by atoms with Gasteiger partial charge in [-0.05, 0) is 37.5 Å². The molecule has 1 aromatic heterocycles. The summed E-state index contributed by atoms with van der Waals surface area (Å²) >= 11 is 11.9. The first-order chi connectivity index (χ1) is 12.8. The molecule has 0 radical (unpaired) electrons. The Morgan fingerprint density at radius 1 is 1.33 bits per heavy atom. The number of nitrogens with zero attached hydrogens (tertiary/aromatic N) is 3. The Kier molecular flexibility index (Phi) is 5.40. The average Bonchev–Trinajstić information content (AvgIpc) is 3.11. The summed E-state index contributed by atoms with van der Waals surface area (Å²) in [7, 11) is 0. The Morgan fingerprint density at radius 3 is 2.74 bits per heavy atom. The van der Waals surface area contributed by atoms with Crippen LogP contribution in [-0.2, 0) is 24.3 Å². The van der Waals surface area contributed by atoms with Gasteiger partial charge in [0.15, 0.2) is 0 Å². The molecule has 2 heterocycles. The van der Waals surface area contributed by atoms with Gasteiger partial charge in [0.1, 0.15) is 18.2 Å². The molecule has 1 N–H and O–H groups in total. The molecule has 9 heteroatoms. The second-order valence-corrected chi connectivity index (χ2v) is 7.14. The third-order valence-electron chi connectivity index (χ3n) is 4.57. The summed E-state index contributed by atoms with van der Waals surface area (Å²) < 4.78 is 2.21. The number of benzene rings is 1. The molecule has 2 aromatic rings. The highest BCUT2D eigenvalue weighted by atomic mass is 35.5. The number of carbonyl (C=O) groups excluding carboxylic acids is 1. The van der Waals surface area contributed by atoms with Crippen LogP contribution in [0.1, 0.15) is 36.2 Å². The van der Waals surface area contributed by atoms with E-state index in [2.05, 4.69) is 5.32 Å². The van der Waals surface area contributed by atoms with Crippen molar-refractivity contribution in [3.8, 4) is 6.07 Å². The van der Waals surface area contributed by atoms with Crippen LogP contribution in [0.15, 0.2) is 27.8 Å². The lowest BCUT2D eigenvalue weighted by Gasteiger charge is -2.16. The third-order valence-corrected chi connectivity index (χ3v) is 5.30. The van der Waals surface area contributed by atoms with Crippen molar-refractivity contribution in [1.82, 2.24) is 14.5 Å². The van der Waals surface area contributed by atoms with Crippen molar-refractivity contribution in [1.29, 1.82) is 5.26 Å². The van der Waals surface area contributed by atoms with Crippen LogP contribution in [0, 0.1) is 11.3 Å². The lowest BCUT2D eigenvalue weighted by atomic mass is 10.1. The first-order valence-corrected chi connectivity index (χ1v) is 9.10. The Bertz CT molecular complexity index is 1080. The van der Waals surface area contributed by atoms with E-state index in [4.69, 9.17) is 23.2 Å². The molecule has 0 saturated carbocycles.